The minimum atomic E-state index is -4.03. The van der Waals surface area contributed by atoms with Gasteiger partial charge in [0.1, 0.15) is 6.17 Å². The Morgan fingerprint density at radius 1 is 0.833 bits per heavy atom. The molecule has 2 amide bonds. The number of sulfonamides is 1. The molecule has 4 aromatic rings. The Morgan fingerprint density at radius 3 is 2.14 bits per heavy atom. The third kappa shape index (κ3) is 6.50. The van der Waals surface area contributed by atoms with Crippen LogP contribution in [0.15, 0.2) is 95.9 Å². The van der Waals surface area contributed by atoms with E-state index in [-0.39, 0.29) is 27.3 Å². The van der Waals surface area contributed by atoms with E-state index >= 15 is 0 Å². The van der Waals surface area contributed by atoms with Gasteiger partial charge < -0.3 is 16.0 Å². The monoisotopic (exact) mass is 623 g/mol. The number of nitrogens with one attached hydrogen (secondary N) is 5. The number of halogens is 2. The number of hydrogen-bond donors (Lipinski definition) is 6. The van der Waals surface area contributed by atoms with Gasteiger partial charge in [0.25, 0.3) is 21.8 Å². The summed E-state index contributed by atoms with van der Waals surface area (Å²) in [7, 11) is -4.03. The molecule has 214 valence electrons. The lowest BCUT2D eigenvalue weighted by Crippen LogP contribution is -2.16. The summed E-state index contributed by atoms with van der Waals surface area (Å²) in [6.07, 6.45) is 2.26. The van der Waals surface area contributed by atoms with Gasteiger partial charge in [0.15, 0.2) is 0 Å². The first kappa shape index (κ1) is 29.0. The van der Waals surface area contributed by atoms with Crippen LogP contribution in [0, 0.1) is 0 Å². The smallest absolute Gasteiger partial charge is 0.267 e. The van der Waals surface area contributed by atoms with Crippen LogP contribution in [0.4, 0.5) is 22.7 Å². The topological polar surface area (TPSA) is 149 Å². The van der Waals surface area contributed by atoms with E-state index in [1.165, 1.54) is 41.9 Å². The van der Waals surface area contributed by atoms with Gasteiger partial charge in [-0.15, -0.1) is 0 Å². The van der Waals surface area contributed by atoms with Crippen molar-refractivity contribution in [1.82, 2.24) is 5.48 Å². The summed E-state index contributed by atoms with van der Waals surface area (Å²) < 4.78 is 28.3. The molecule has 0 saturated heterocycles. The van der Waals surface area contributed by atoms with Crippen molar-refractivity contribution in [3.8, 4) is 0 Å². The Balaban J connectivity index is 1.27. The Bertz CT molecular complexity index is 1790. The summed E-state index contributed by atoms with van der Waals surface area (Å²) in [6, 6.07) is 22.8. The Kier molecular flexibility index (Phi) is 8.36. The number of para-hydroxylation sites is 2. The van der Waals surface area contributed by atoms with Gasteiger partial charge in [0.05, 0.1) is 26.9 Å². The molecule has 0 unspecified atom stereocenters. The van der Waals surface area contributed by atoms with Crippen LogP contribution in [0.5, 0.6) is 0 Å². The van der Waals surface area contributed by atoms with E-state index in [1.54, 1.807) is 30.3 Å². The van der Waals surface area contributed by atoms with Crippen LogP contribution in [0.1, 0.15) is 27.7 Å². The van der Waals surface area contributed by atoms with Gasteiger partial charge in [-0.05, 0) is 72.3 Å². The number of carbonyl (C=O) groups excluding carboxylic acids is 2. The molecule has 4 aromatic carbocycles. The van der Waals surface area contributed by atoms with Crippen molar-refractivity contribution < 1.29 is 23.2 Å². The quantitative estimate of drug-likeness (QED) is 0.0788. The summed E-state index contributed by atoms with van der Waals surface area (Å²) >= 11 is 12.8. The number of carbonyl (C=O) groups is 2. The molecule has 6 N–H and O–H groups in total. The first-order valence-corrected chi connectivity index (χ1v) is 14.6. The fourth-order valence-electron chi connectivity index (χ4n) is 4.21. The molecule has 0 aromatic heterocycles. The van der Waals surface area contributed by atoms with E-state index in [1.807, 2.05) is 24.3 Å². The molecule has 0 bridgehead atoms. The molecule has 0 radical (unpaired) electrons. The standard InChI is InChI=1S/C29H23Cl2N5O5S/c30-23-13-10-19(15-22(23)28-33-25-3-1-2-4-26(25)34-28)32-29(38)21-12-11-20(16-24(21)31)42(40,41)36-18-8-5-17(6-9-18)7-14-27(37)35-39/h1-16,28,33-34,36,39H,(H,32,38)(H,35,37)/b14-7+. The Labute approximate surface area is 251 Å². The van der Waals surface area contributed by atoms with Gasteiger partial charge in [-0.3, -0.25) is 19.5 Å². The normalized spacial score (nSPS) is 12.7. The maximum atomic E-state index is 13.1. The summed E-state index contributed by atoms with van der Waals surface area (Å²) in [5.41, 5.74) is 5.50. The lowest BCUT2D eigenvalue weighted by molar-refractivity contribution is -0.124. The third-order valence-electron chi connectivity index (χ3n) is 6.29. The summed E-state index contributed by atoms with van der Waals surface area (Å²) in [4.78, 5) is 24.0. The van der Waals surface area contributed by atoms with Gasteiger partial charge in [-0.25, -0.2) is 13.9 Å². The van der Waals surface area contributed by atoms with Gasteiger partial charge in [-0.2, -0.15) is 0 Å². The van der Waals surface area contributed by atoms with Crippen molar-refractivity contribution in [3.63, 3.8) is 0 Å². The van der Waals surface area contributed by atoms with E-state index in [4.69, 9.17) is 28.4 Å². The van der Waals surface area contributed by atoms with Crippen LogP contribution < -0.4 is 26.2 Å². The van der Waals surface area contributed by atoms with E-state index in [0.29, 0.717) is 16.3 Å². The second-order valence-electron chi connectivity index (χ2n) is 9.14. The summed E-state index contributed by atoms with van der Waals surface area (Å²) in [5, 5.41) is 18.5. The van der Waals surface area contributed by atoms with Crippen molar-refractivity contribution in [2.75, 3.05) is 20.7 Å². The maximum absolute atomic E-state index is 13.1. The number of hydrogen-bond acceptors (Lipinski definition) is 7. The summed E-state index contributed by atoms with van der Waals surface area (Å²) in [6.45, 7) is 0. The Hall–Kier alpha value is -4.55. The minimum Gasteiger partial charge on any atom is -0.360 e. The predicted octanol–water partition coefficient (Wildman–Crippen LogP) is 6.10. The highest BCUT2D eigenvalue weighted by Gasteiger charge is 2.24. The van der Waals surface area contributed by atoms with Crippen LogP contribution >= 0.6 is 23.2 Å². The number of anilines is 4. The second kappa shape index (κ2) is 12.1. The molecule has 10 nitrogen and oxygen atoms in total. The first-order chi connectivity index (χ1) is 20.1. The van der Waals surface area contributed by atoms with Crippen LogP contribution in [0.2, 0.25) is 10.0 Å². The molecule has 42 heavy (non-hydrogen) atoms. The molecule has 0 aliphatic carbocycles. The highest BCUT2D eigenvalue weighted by atomic mass is 35.5. The lowest BCUT2D eigenvalue weighted by Gasteiger charge is -2.16. The van der Waals surface area contributed by atoms with Crippen LogP contribution in [-0.4, -0.2) is 25.4 Å². The first-order valence-electron chi connectivity index (χ1n) is 12.4. The lowest BCUT2D eigenvalue weighted by atomic mass is 10.1. The molecular formula is C29H23Cl2N5O5S. The number of fused-ring (bicyclic) bond motifs is 1. The van der Waals surface area contributed by atoms with Crippen molar-refractivity contribution in [3.05, 3.63) is 118 Å². The molecule has 1 aliphatic heterocycles. The SMILES string of the molecule is O=C(/C=C/c1ccc(NS(=O)(=O)c2ccc(C(=O)Nc3ccc(Cl)c(C4Nc5ccccc5N4)c3)c(Cl)c2)cc1)NO. The van der Waals surface area contributed by atoms with E-state index < -0.39 is 21.8 Å². The van der Waals surface area contributed by atoms with Crippen molar-refractivity contribution in [2.24, 2.45) is 0 Å². The highest BCUT2D eigenvalue weighted by molar-refractivity contribution is 7.92. The molecule has 0 spiro atoms. The molecule has 0 saturated carbocycles. The minimum absolute atomic E-state index is 0.0539. The fourth-order valence-corrected chi connectivity index (χ4v) is 5.85. The van der Waals surface area contributed by atoms with Gasteiger partial charge >= 0.3 is 0 Å². The largest absolute Gasteiger partial charge is 0.360 e. The third-order valence-corrected chi connectivity index (χ3v) is 8.32. The van der Waals surface area contributed by atoms with Gasteiger partial charge in [0.2, 0.25) is 0 Å². The van der Waals surface area contributed by atoms with E-state index in [9.17, 15) is 18.0 Å². The average molecular weight is 625 g/mol. The van der Waals surface area contributed by atoms with Crippen LogP contribution in [0.25, 0.3) is 6.08 Å². The molecule has 1 aliphatic rings. The molecular weight excluding hydrogens is 601 g/mol. The number of amides is 2. The zero-order chi connectivity index (χ0) is 29.9. The van der Waals surface area contributed by atoms with Gasteiger partial charge in [-0.1, -0.05) is 47.5 Å². The number of benzene rings is 4. The maximum Gasteiger partial charge on any atom is 0.267 e. The Morgan fingerprint density at radius 2 is 1.50 bits per heavy atom. The van der Waals surface area contributed by atoms with Gasteiger partial charge in [0, 0.05) is 28.0 Å². The number of rotatable bonds is 8. The van der Waals surface area contributed by atoms with Crippen molar-refractivity contribution >= 4 is 73.9 Å². The van der Waals surface area contributed by atoms with Crippen LogP contribution in [0.3, 0.4) is 0 Å². The van der Waals surface area contributed by atoms with Crippen molar-refractivity contribution in [1.29, 1.82) is 0 Å². The van der Waals surface area contributed by atoms with Crippen molar-refractivity contribution in [2.45, 2.75) is 11.1 Å². The second-order valence-corrected chi connectivity index (χ2v) is 11.6. The number of hydroxylamine groups is 1. The average Bonchev–Trinajstić information content (AvgIpc) is 3.41. The highest BCUT2D eigenvalue weighted by Crippen LogP contribution is 2.38. The zero-order valence-corrected chi connectivity index (χ0v) is 23.9. The molecule has 1 heterocycles. The molecule has 0 fully saturated rings. The zero-order valence-electron chi connectivity index (χ0n) is 21.6. The molecule has 5 rings (SSSR count). The van der Waals surface area contributed by atoms with E-state index in [0.717, 1.165) is 23.0 Å². The van der Waals surface area contributed by atoms with Crippen LogP contribution in [-0.2, 0) is 14.8 Å². The van der Waals surface area contributed by atoms with E-state index in [2.05, 4.69) is 20.7 Å². The fraction of sp³-hybridized carbons (Fsp3) is 0.0345. The molecule has 13 heteroatoms. The predicted molar refractivity (Wildman–Crippen MR) is 163 cm³/mol. The summed E-state index contributed by atoms with van der Waals surface area (Å²) in [5.74, 6) is -1.23. The molecule has 0 atom stereocenters.